The first-order valence-electron chi connectivity index (χ1n) is 5.14. The maximum absolute atomic E-state index is 13.5. The van der Waals surface area contributed by atoms with E-state index < -0.39 is 5.82 Å². The summed E-state index contributed by atoms with van der Waals surface area (Å²) in [6, 6.07) is 6.17. The number of halogens is 1. The fourth-order valence-corrected chi connectivity index (χ4v) is 2.04. The van der Waals surface area contributed by atoms with Gasteiger partial charge in [0.05, 0.1) is 11.6 Å². The molecule has 2 aliphatic rings. The molecule has 1 aromatic carbocycles. The zero-order chi connectivity index (χ0) is 11.1. The lowest BCUT2D eigenvalue weighted by Crippen LogP contribution is -2.29. The standard InChI is InChI=1S/C11H10FN3O/c12-8-3-1-2-4-10(8)15-11(16)7-5-13-6-9(7)14-15/h1-4,7,13H,5-6H2. The number of fused-ring (bicyclic) bond motifs is 1. The molecule has 0 aromatic heterocycles. The van der Waals surface area contributed by atoms with Gasteiger partial charge in [0.2, 0.25) is 0 Å². The Balaban J connectivity index is 2.01. The second kappa shape index (κ2) is 3.38. The molecule has 1 atom stereocenters. The average molecular weight is 219 g/mol. The van der Waals surface area contributed by atoms with Crippen LogP contribution < -0.4 is 10.3 Å². The quantitative estimate of drug-likeness (QED) is 0.757. The molecule has 1 saturated heterocycles. The Morgan fingerprint density at radius 2 is 2.25 bits per heavy atom. The second-order valence-electron chi connectivity index (χ2n) is 3.88. The number of carbonyl (C=O) groups is 1. The van der Waals surface area contributed by atoms with Crippen molar-refractivity contribution in [3.8, 4) is 0 Å². The number of nitrogens with one attached hydrogen (secondary N) is 1. The van der Waals surface area contributed by atoms with Gasteiger partial charge in [0.15, 0.2) is 0 Å². The molecule has 82 valence electrons. The summed E-state index contributed by atoms with van der Waals surface area (Å²) in [5.74, 6) is -0.780. The Morgan fingerprint density at radius 3 is 3.00 bits per heavy atom. The van der Waals surface area contributed by atoms with Crippen molar-refractivity contribution in [2.45, 2.75) is 0 Å². The normalized spacial score (nSPS) is 23.6. The third kappa shape index (κ3) is 1.25. The molecule has 1 fully saturated rings. The molecule has 1 N–H and O–H groups in total. The first-order chi connectivity index (χ1) is 7.77. The van der Waals surface area contributed by atoms with Gasteiger partial charge in [-0.05, 0) is 12.1 Å². The molecule has 0 spiro atoms. The summed E-state index contributed by atoms with van der Waals surface area (Å²) in [5.41, 5.74) is 1.03. The molecule has 16 heavy (non-hydrogen) atoms. The number of nitrogens with zero attached hydrogens (tertiary/aromatic N) is 2. The van der Waals surface area contributed by atoms with Crippen molar-refractivity contribution < 1.29 is 9.18 Å². The smallest absolute Gasteiger partial charge is 0.257 e. The predicted octanol–water partition coefficient (Wildman–Crippen LogP) is 0.748. The van der Waals surface area contributed by atoms with E-state index >= 15 is 0 Å². The van der Waals surface area contributed by atoms with Gasteiger partial charge in [-0.1, -0.05) is 12.1 Å². The zero-order valence-electron chi connectivity index (χ0n) is 8.48. The van der Waals surface area contributed by atoms with Crippen LogP contribution in [0.1, 0.15) is 0 Å². The Kier molecular flexibility index (Phi) is 2.00. The fraction of sp³-hybridized carbons (Fsp3) is 0.273. The van der Waals surface area contributed by atoms with Crippen LogP contribution in [0.5, 0.6) is 0 Å². The van der Waals surface area contributed by atoms with Crippen LogP contribution >= 0.6 is 0 Å². The lowest BCUT2D eigenvalue weighted by Gasteiger charge is -2.14. The topological polar surface area (TPSA) is 44.7 Å². The molecule has 5 heteroatoms. The minimum absolute atomic E-state index is 0.148. The molecule has 0 aliphatic carbocycles. The summed E-state index contributed by atoms with van der Waals surface area (Å²) < 4.78 is 13.5. The van der Waals surface area contributed by atoms with Gasteiger partial charge in [0.25, 0.3) is 5.91 Å². The third-order valence-corrected chi connectivity index (χ3v) is 2.87. The number of hydrazone groups is 1. The lowest BCUT2D eigenvalue weighted by molar-refractivity contribution is -0.119. The highest BCUT2D eigenvalue weighted by molar-refractivity contribution is 6.17. The molecule has 2 heterocycles. The van der Waals surface area contributed by atoms with E-state index in [9.17, 15) is 9.18 Å². The van der Waals surface area contributed by atoms with Gasteiger partial charge in [0.1, 0.15) is 11.5 Å². The molecule has 1 aromatic rings. The van der Waals surface area contributed by atoms with E-state index in [1.54, 1.807) is 18.2 Å². The van der Waals surface area contributed by atoms with Crippen molar-refractivity contribution in [1.82, 2.24) is 5.32 Å². The summed E-state index contributed by atoms with van der Waals surface area (Å²) in [4.78, 5) is 11.9. The van der Waals surface area contributed by atoms with Gasteiger partial charge >= 0.3 is 0 Å². The summed E-state index contributed by atoms with van der Waals surface area (Å²) in [6.07, 6.45) is 0. The van der Waals surface area contributed by atoms with Crippen LogP contribution in [0.4, 0.5) is 10.1 Å². The van der Waals surface area contributed by atoms with Gasteiger partial charge < -0.3 is 5.32 Å². The molecule has 3 rings (SSSR count). The van der Waals surface area contributed by atoms with E-state index in [0.717, 1.165) is 5.71 Å². The molecular weight excluding hydrogens is 209 g/mol. The molecule has 1 amide bonds. The number of hydrogen-bond acceptors (Lipinski definition) is 3. The highest BCUT2D eigenvalue weighted by Crippen LogP contribution is 2.27. The average Bonchev–Trinajstić information content (AvgIpc) is 2.83. The first-order valence-corrected chi connectivity index (χ1v) is 5.14. The second-order valence-corrected chi connectivity index (χ2v) is 3.88. The number of amides is 1. The van der Waals surface area contributed by atoms with Crippen LogP contribution in [0.3, 0.4) is 0 Å². The van der Waals surface area contributed by atoms with Crippen molar-refractivity contribution in [2.75, 3.05) is 18.1 Å². The highest BCUT2D eigenvalue weighted by Gasteiger charge is 2.39. The van der Waals surface area contributed by atoms with Gasteiger partial charge in [-0.15, -0.1) is 0 Å². The van der Waals surface area contributed by atoms with Crippen molar-refractivity contribution in [3.05, 3.63) is 30.1 Å². The summed E-state index contributed by atoms with van der Waals surface area (Å²) in [5, 5.41) is 8.41. The van der Waals surface area contributed by atoms with E-state index in [4.69, 9.17) is 0 Å². The van der Waals surface area contributed by atoms with Crippen molar-refractivity contribution >= 4 is 17.3 Å². The molecule has 4 nitrogen and oxygen atoms in total. The molecule has 0 bridgehead atoms. The number of rotatable bonds is 1. The van der Waals surface area contributed by atoms with E-state index in [2.05, 4.69) is 10.4 Å². The van der Waals surface area contributed by atoms with Gasteiger partial charge in [-0.25, -0.2) is 4.39 Å². The first kappa shape index (κ1) is 9.47. The zero-order valence-corrected chi connectivity index (χ0v) is 8.48. The SMILES string of the molecule is O=C1C2CNCC2=NN1c1ccccc1F. The van der Waals surface area contributed by atoms with Gasteiger partial charge in [-0.3, -0.25) is 4.79 Å². The van der Waals surface area contributed by atoms with E-state index in [1.807, 2.05) is 0 Å². The molecule has 2 aliphatic heterocycles. The number of hydrogen-bond donors (Lipinski definition) is 1. The van der Waals surface area contributed by atoms with Crippen molar-refractivity contribution in [3.63, 3.8) is 0 Å². The Bertz CT molecular complexity index is 486. The largest absolute Gasteiger partial charge is 0.310 e. The van der Waals surface area contributed by atoms with Crippen LogP contribution in [-0.2, 0) is 4.79 Å². The number of anilines is 1. The third-order valence-electron chi connectivity index (χ3n) is 2.87. The summed E-state index contributed by atoms with van der Waals surface area (Å²) >= 11 is 0. The number of carbonyl (C=O) groups excluding carboxylic acids is 1. The Labute approximate surface area is 91.7 Å². The lowest BCUT2D eigenvalue weighted by atomic mass is 10.1. The van der Waals surface area contributed by atoms with E-state index in [-0.39, 0.29) is 17.5 Å². The van der Waals surface area contributed by atoms with E-state index in [0.29, 0.717) is 13.1 Å². The monoisotopic (exact) mass is 219 g/mol. The molecule has 0 saturated carbocycles. The number of para-hydroxylation sites is 1. The highest BCUT2D eigenvalue weighted by atomic mass is 19.1. The van der Waals surface area contributed by atoms with Crippen LogP contribution in [-0.4, -0.2) is 24.7 Å². The Morgan fingerprint density at radius 1 is 1.44 bits per heavy atom. The number of benzene rings is 1. The van der Waals surface area contributed by atoms with Crippen LogP contribution in [0, 0.1) is 11.7 Å². The van der Waals surface area contributed by atoms with Gasteiger partial charge in [0, 0.05) is 13.1 Å². The molecule has 1 unspecified atom stereocenters. The van der Waals surface area contributed by atoms with Crippen LogP contribution in [0.2, 0.25) is 0 Å². The predicted molar refractivity (Wildman–Crippen MR) is 57.7 cm³/mol. The summed E-state index contributed by atoms with van der Waals surface area (Å²) in [6.45, 7) is 1.21. The van der Waals surface area contributed by atoms with Crippen LogP contribution in [0.25, 0.3) is 0 Å². The minimum atomic E-state index is -0.423. The maximum Gasteiger partial charge on any atom is 0.257 e. The minimum Gasteiger partial charge on any atom is -0.310 e. The fourth-order valence-electron chi connectivity index (χ4n) is 2.04. The van der Waals surface area contributed by atoms with Crippen molar-refractivity contribution in [2.24, 2.45) is 11.0 Å². The maximum atomic E-state index is 13.5. The van der Waals surface area contributed by atoms with Crippen molar-refractivity contribution in [1.29, 1.82) is 0 Å². The molecular formula is C11H10FN3O. The summed E-state index contributed by atoms with van der Waals surface area (Å²) in [7, 11) is 0. The Hall–Kier alpha value is -1.75. The van der Waals surface area contributed by atoms with Gasteiger partial charge in [-0.2, -0.15) is 10.1 Å². The van der Waals surface area contributed by atoms with Crippen LogP contribution in [0.15, 0.2) is 29.4 Å². The van der Waals surface area contributed by atoms with E-state index in [1.165, 1.54) is 11.1 Å². The molecule has 0 radical (unpaired) electrons.